The second-order valence-electron chi connectivity index (χ2n) is 4.90. The van der Waals surface area contributed by atoms with Gasteiger partial charge in [-0.2, -0.15) is 13.2 Å². The maximum Gasteiger partial charge on any atom is 0.394 e. The van der Waals surface area contributed by atoms with Gasteiger partial charge in [0.25, 0.3) is 0 Å². The molecule has 0 bridgehead atoms. The third-order valence-electron chi connectivity index (χ3n) is 3.44. The van der Waals surface area contributed by atoms with Crippen molar-refractivity contribution in [1.82, 2.24) is 4.90 Å². The SMILES string of the molecule is Cc1cscc1NC(=O)N1C[C@@H](C(F)(F)F)[C@H](C(=O)O)C1. The predicted octanol–water partition coefficient (Wildman–Crippen LogP) is 2.78. The largest absolute Gasteiger partial charge is 0.481 e. The van der Waals surface area contributed by atoms with Crippen molar-refractivity contribution in [3.8, 4) is 0 Å². The molecule has 5 nitrogen and oxygen atoms in total. The van der Waals surface area contributed by atoms with Crippen molar-refractivity contribution >= 4 is 29.0 Å². The molecule has 1 saturated heterocycles. The Morgan fingerprint density at radius 1 is 1.38 bits per heavy atom. The summed E-state index contributed by atoms with van der Waals surface area (Å²) in [7, 11) is 0. The monoisotopic (exact) mass is 322 g/mol. The number of amides is 2. The molecule has 2 rings (SSSR count). The summed E-state index contributed by atoms with van der Waals surface area (Å²) < 4.78 is 38.5. The molecule has 2 heterocycles. The molecule has 0 spiro atoms. The van der Waals surface area contributed by atoms with Gasteiger partial charge < -0.3 is 15.3 Å². The number of nitrogens with zero attached hydrogens (tertiary/aromatic N) is 1. The summed E-state index contributed by atoms with van der Waals surface area (Å²) in [4.78, 5) is 23.8. The number of carboxylic acid groups (broad SMARTS) is 1. The Kier molecular flexibility index (Phi) is 4.13. The highest BCUT2D eigenvalue weighted by Crippen LogP contribution is 2.38. The van der Waals surface area contributed by atoms with E-state index >= 15 is 0 Å². The first-order chi connectivity index (χ1) is 9.70. The Labute approximate surface area is 122 Å². The van der Waals surface area contributed by atoms with Gasteiger partial charge in [0, 0.05) is 18.5 Å². The second-order valence-corrected chi connectivity index (χ2v) is 5.64. The molecule has 1 aliphatic rings. The minimum absolute atomic E-state index is 0.450. The van der Waals surface area contributed by atoms with E-state index in [0.717, 1.165) is 10.5 Å². The first-order valence-electron chi connectivity index (χ1n) is 6.08. The quantitative estimate of drug-likeness (QED) is 0.879. The third-order valence-corrected chi connectivity index (χ3v) is 4.30. The van der Waals surface area contributed by atoms with Crippen LogP contribution in [0.5, 0.6) is 0 Å². The van der Waals surface area contributed by atoms with E-state index in [-0.39, 0.29) is 0 Å². The molecule has 2 N–H and O–H groups in total. The standard InChI is InChI=1S/C12H13F3N2O3S/c1-6-4-21-5-9(6)16-11(20)17-2-7(10(18)19)8(3-17)12(13,14)15/h4-5,7-8H,2-3H2,1H3,(H,16,20)(H,18,19)/t7-,8-/m1/s1. The Balaban J connectivity index is 2.10. The van der Waals surface area contributed by atoms with Gasteiger partial charge >= 0.3 is 18.2 Å². The van der Waals surface area contributed by atoms with Crippen LogP contribution in [0, 0.1) is 18.8 Å². The average Bonchev–Trinajstić information content (AvgIpc) is 2.95. The van der Waals surface area contributed by atoms with Crippen molar-refractivity contribution in [1.29, 1.82) is 0 Å². The summed E-state index contributed by atoms with van der Waals surface area (Å²) in [6, 6.07) is -0.713. The zero-order valence-corrected chi connectivity index (χ0v) is 11.8. The number of carboxylic acids is 1. The van der Waals surface area contributed by atoms with Crippen molar-refractivity contribution in [2.75, 3.05) is 18.4 Å². The topological polar surface area (TPSA) is 69.6 Å². The lowest BCUT2D eigenvalue weighted by Crippen LogP contribution is -2.35. The zero-order chi connectivity index (χ0) is 15.8. The molecule has 116 valence electrons. The average molecular weight is 322 g/mol. The number of anilines is 1. The number of alkyl halides is 3. The van der Waals surface area contributed by atoms with Crippen LogP contribution in [0.1, 0.15) is 5.56 Å². The first kappa shape index (κ1) is 15.6. The number of halogens is 3. The van der Waals surface area contributed by atoms with E-state index in [0.29, 0.717) is 5.69 Å². The molecule has 0 aliphatic carbocycles. The van der Waals surface area contributed by atoms with E-state index in [1.807, 2.05) is 0 Å². The summed E-state index contributed by atoms with van der Waals surface area (Å²) in [5.41, 5.74) is 1.32. The number of nitrogens with one attached hydrogen (secondary N) is 1. The summed E-state index contributed by atoms with van der Waals surface area (Å²) in [5, 5.41) is 14.8. The minimum atomic E-state index is -4.64. The lowest BCUT2D eigenvalue weighted by atomic mass is 9.96. The third kappa shape index (κ3) is 3.29. The fraction of sp³-hybridized carbons (Fsp3) is 0.500. The summed E-state index contributed by atoms with van der Waals surface area (Å²) in [6.45, 7) is 0.665. The van der Waals surface area contributed by atoms with Gasteiger partial charge in [-0.1, -0.05) is 0 Å². The highest BCUT2D eigenvalue weighted by atomic mass is 32.1. The molecule has 1 aromatic heterocycles. The Bertz CT molecular complexity index is 558. The number of thiophene rings is 1. The summed E-state index contributed by atoms with van der Waals surface area (Å²) in [5.74, 6) is -5.21. The smallest absolute Gasteiger partial charge is 0.394 e. The van der Waals surface area contributed by atoms with Crippen LogP contribution in [0.25, 0.3) is 0 Å². The number of hydrogen-bond acceptors (Lipinski definition) is 3. The Morgan fingerprint density at radius 3 is 2.48 bits per heavy atom. The summed E-state index contributed by atoms with van der Waals surface area (Å²) in [6.07, 6.45) is -4.64. The van der Waals surface area contributed by atoms with Crippen LogP contribution in [0.3, 0.4) is 0 Å². The van der Waals surface area contributed by atoms with E-state index in [1.54, 1.807) is 17.7 Å². The lowest BCUT2D eigenvalue weighted by Gasteiger charge is -2.18. The molecule has 0 unspecified atom stereocenters. The number of rotatable bonds is 2. The van der Waals surface area contributed by atoms with Gasteiger partial charge in [-0.05, 0) is 17.9 Å². The van der Waals surface area contributed by atoms with E-state index < -0.39 is 43.1 Å². The van der Waals surface area contributed by atoms with E-state index in [1.165, 1.54) is 11.3 Å². The molecule has 9 heteroatoms. The highest BCUT2D eigenvalue weighted by molar-refractivity contribution is 7.08. The molecule has 1 fully saturated rings. The molecular weight excluding hydrogens is 309 g/mol. The molecule has 21 heavy (non-hydrogen) atoms. The molecule has 2 atom stereocenters. The van der Waals surface area contributed by atoms with Crippen LogP contribution in [0.2, 0.25) is 0 Å². The van der Waals surface area contributed by atoms with Crippen molar-refractivity contribution in [3.63, 3.8) is 0 Å². The normalized spacial score (nSPS) is 22.4. The predicted molar refractivity (Wildman–Crippen MR) is 70.3 cm³/mol. The van der Waals surface area contributed by atoms with E-state index in [9.17, 15) is 22.8 Å². The Morgan fingerprint density at radius 2 is 2.05 bits per heavy atom. The summed E-state index contributed by atoms with van der Waals surface area (Å²) >= 11 is 1.35. The fourth-order valence-electron chi connectivity index (χ4n) is 2.23. The zero-order valence-electron chi connectivity index (χ0n) is 11.0. The van der Waals surface area contributed by atoms with E-state index in [4.69, 9.17) is 5.11 Å². The van der Waals surface area contributed by atoms with Crippen LogP contribution >= 0.6 is 11.3 Å². The van der Waals surface area contributed by atoms with Crippen LogP contribution in [0.15, 0.2) is 10.8 Å². The van der Waals surface area contributed by atoms with Gasteiger partial charge in [-0.25, -0.2) is 4.79 Å². The molecular formula is C12H13F3N2O3S. The van der Waals surface area contributed by atoms with Crippen LogP contribution in [0.4, 0.5) is 23.7 Å². The van der Waals surface area contributed by atoms with Gasteiger partial charge in [0.15, 0.2) is 0 Å². The Hall–Kier alpha value is -1.77. The van der Waals surface area contributed by atoms with Crippen molar-refractivity contribution in [3.05, 3.63) is 16.3 Å². The first-order valence-corrected chi connectivity index (χ1v) is 7.02. The minimum Gasteiger partial charge on any atom is -0.481 e. The van der Waals surface area contributed by atoms with Gasteiger partial charge in [-0.15, -0.1) is 11.3 Å². The number of urea groups is 1. The molecule has 1 aromatic rings. The highest BCUT2D eigenvalue weighted by Gasteiger charge is 2.53. The van der Waals surface area contributed by atoms with Crippen molar-refractivity contribution in [2.45, 2.75) is 13.1 Å². The maximum atomic E-state index is 12.8. The number of hydrogen-bond donors (Lipinski definition) is 2. The number of likely N-dealkylation sites (tertiary alicyclic amines) is 1. The number of aryl methyl sites for hydroxylation is 1. The van der Waals surface area contributed by atoms with Crippen LogP contribution < -0.4 is 5.32 Å². The van der Waals surface area contributed by atoms with Gasteiger partial charge in [0.2, 0.25) is 0 Å². The van der Waals surface area contributed by atoms with Gasteiger partial charge in [0.05, 0.1) is 17.5 Å². The maximum absolute atomic E-state index is 12.8. The number of carbonyl (C=O) groups excluding carboxylic acids is 1. The van der Waals surface area contributed by atoms with Crippen molar-refractivity contribution < 1.29 is 27.9 Å². The van der Waals surface area contributed by atoms with Crippen LogP contribution in [-0.2, 0) is 4.79 Å². The van der Waals surface area contributed by atoms with Gasteiger partial charge in [0.1, 0.15) is 0 Å². The molecule has 0 aromatic carbocycles. The van der Waals surface area contributed by atoms with Crippen molar-refractivity contribution in [2.24, 2.45) is 11.8 Å². The lowest BCUT2D eigenvalue weighted by molar-refractivity contribution is -0.187. The number of carbonyl (C=O) groups is 2. The van der Waals surface area contributed by atoms with Gasteiger partial charge in [-0.3, -0.25) is 4.79 Å². The van der Waals surface area contributed by atoms with E-state index in [2.05, 4.69) is 5.32 Å². The molecule has 0 saturated carbocycles. The number of aliphatic carboxylic acids is 1. The molecule has 0 radical (unpaired) electrons. The molecule has 2 amide bonds. The second kappa shape index (κ2) is 5.55. The molecule has 1 aliphatic heterocycles. The fourth-order valence-corrected chi connectivity index (χ4v) is 3.01. The van der Waals surface area contributed by atoms with Crippen LogP contribution in [-0.4, -0.2) is 41.3 Å².